The van der Waals surface area contributed by atoms with Gasteiger partial charge in [0.15, 0.2) is 5.78 Å². The van der Waals surface area contributed by atoms with E-state index in [4.69, 9.17) is 21.6 Å². The fourth-order valence-corrected chi connectivity index (χ4v) is 5.83. The van der Waals surface area contributed by atoms with Crippen molar-refractivity contribution in [2.75, 3.05) is 13.2 Å². The Morgan fingerprint density at radius 1 is 1.31 bits per heavy atom. The molecule has 0 unspecified atom stereocenters. The van der Waals surface area contributed by atoms with Crippen LogP contribution >= 0.6 is 22.9 Å². The average Bonchev–Trinajstić information content (AvgIpc) is 3.27. The van der Waals surface area contributed by atoms with E-state index in [2.05, 4.69) is 16.9 Å². The molecule has 0 radical (unpaired) electrons. The van der Waals surface area contributed by atoms with Crippen LogP contribution in [0.25, 0.3) is 10.2 Å². The molecule has 0 aliphatic carbocycles. The highest BCUT2D eigenvalue weighted by Crippen LogP contribution is 2.28. The number of nitrogens with zero attached hydrogens (tertiary/aromatic N) is 2. The zero-order chi connectivity index (χ0) is 26.1. The summed E-state index contributed by atoms with van der Waals surface area (Å²) in [4.78, 5) is 43.0. The predicted molar refractivity (Wildman–Crippen MR) is 141 cm³/mol. The van der Waals surface area contributed by atoms with Crippen LogP contribution in [-0.2, 0) is 25.5 Å². The summed E-state index contributed by atoms with van der Waals surface area (Å²) in [5.74, 6) is -0.883. The third-order valence-electron chi connectivity index (χ3n) is 6.51. The fourth-order valence-electron chi connectivity index (χ4n) is 4.50. The van der Waals surface area contributed by atoms with Crippen molar-refractivity contribution in [1.82, 2.24) is 10.3 Å². The summed E-state index contributed by atoms with van der Waals surface area (Å²) >= 11 is 7.59. The summed E-state index contributed by atoms with van der Waals surface area (Å²) in [6.45, 7) is 6.65. The molecule has 1 aliphatic heterocycles. The van der Waals surface area contributed by atoms with Gasteiger partial charge in [-0.15, -0.1) is 11.3 Å². The molecule has 1 amide bonds. The number of hydrogen-bond donors (Lipinski definition) is 1. The summed E-state index contributed by atoms with van der Waals surface area (Å²) in [5.41, 5.74) is 0.737. The number of halogens is 1. The standard InChI is InChI=1S/C27H32ClN3O4S/c1-3-4-21(32)13-19(14-26-30-23-6-5-20(28)15-25(23)36-26)27(34)31-22(18-9-11-35-12-10-18)7-8-24(33)17(2)16-29/h5-6,15,18-19,22H,2-4,7-14H2,1H3,(H,31,34)/t19-,22+/m0/s1. The lowest BCUT2D eigenvalue weighted by Gasteiger charge is -2.32. The number of nitriles is 1. The number of nitrogens with one attached hydrogen (secondary N) is 1. The van der Waals surface area contributed by atoms with E-state index >= 15 is 0 Å². The minimum Gasteiger partial charge on any atom is -0.381 e. The Morgan fingerprint density at radius 3 is 2.75 bits per heavy atom. The molecule has 3 rings (SSSR count). The van der Waals surface area contributed by atoms with Crippen molar-refractivity contribution in [3.05, 3.63) is 40.4 Å². The van der Waals surface area contributed by atoms with Gasteiger partial charge < -0.3 is 10.1 Å². The molecular formula is C27H32ClN3O4S. The van der Waals surface area contributed by atoms with E-state index in [-0.39, 0.29) is 47.8 Å². The Balaban J connectivity index is 1.77. The zero-order valence-corrected chi connectivity index (χ0v) is 22.1. The van der Waals surface area contributed by atoms with Crippen LogP contribution in [0.15, 0.2) is 30.4 Å². The number of Topliss-reactive ketones (excluding diaryl/α,β-unsaturated/α-hetero) is 2. The van der Waals surface area contributed by atoms with Gasteiger partial charge >= 0.3 is 0 Å². The molecule has 1 aromatic heterocycles. The molecule has 36 heavy (non-hydrogen) atoms. The van der Waals surface area contributed by atoms with Gasteiger partial charge in [-0.3, -0.25) is 14.4 Å². The highest BCUT2D eigenvalue weighted by atomic mass is 35.5. The van der Waals surface area contributed by atoms with Crippen molar-refractivity contribution in [3.63, 3.8) is 0 Å². The van der Waals surface area contributed by atoms with E-state index in [1.807, 2.05) is 19.1 Å². The number of ether oxygens (including phenoxy) is 1. The summed E-state index contributed by atoms with van der Waals surface area (Å²) in [6, 6.07) is 7.02. The smallest absolute Gasteiger partial charge is 0.224 e. The van der Waals surface area contributed by atoms with Gasteiger partial charge in [0.05, 0.1) is 26.7 Å². The molecule has 2 heterocycles. The van der Waals surface area contributed by atoms with E-state index in [1.54, 1.807) is 12.1 Å². The maximum absolute atomic E-state index is 13.6. The zero-order valence-electron chi connectivity index (χ0n) is 20.6. The van der Waals surface area contributed by atoms with Gasteiger partial charge in [0.1, 0.15) is 11.9 Å². The summed E-state index contributed by atoms with van der Waals surface area (Å²) < 4.78 is 6.42. The maximum atomic E-state index is 13.6. The highest BCUT2D eigenvalue weighted by molar-refractivity contribution is 7.18. The van der Waals surface area contributed by atoms with E-state index in [9.17, 15) is 14.4 Å². The monoisotopic (exact) mass is 529 g/mol. The molecule has 0 saturated carbocycles. The molecule has 7 nitrogen and oxygen atoms in total. The number of aromatic nitrogens is 1. The third-order valence-corrected chi connectivity index (χ3v) is 7.78. The normalized spacial score (nSPS) is 15.7. The Labute approximate surface area is 220 Å². The van der Waals surface area contributed by atoms with Crippen molar-refractivity contribution in [2.24, 2.45) is 11.8 Å². The lowest BCUT2D eigenvalue weighted by molar-refractivity contribution is -0.130. The van der Waals surface area contributed by atoms with Gasteiger partial charge in [-0.05, 0) is 49.8 Å². The van der Waals surface area contributed by atoms with Gasteiger partial charge in [-0.25, -0.2) is 4.98 Å². The van der Waals surface area contributed by atoms with Crippen LogP contribution in [-0.4, -0.2) is 41.7 Å². The predicted octanol–water partition coefficient (Wildman–Crippen LogP) is 5.21. The minimum atomic E-state index is -0.563. The number of carbonyl (C=O) groups is 3. The molecule has 9 heteroatoms. The van der Waals surface area contributed by atoms with Crippen LogP contribution in [0.1, 0.15) is 56.9 Å². The van der Waals surface area contributed by atoms with Crippen molar-refractivity contribution >= 4 is 50.6 Å². The van der Waals surface area contributed by atoms with Gasteiger partial charge in [0.2, 0.25) is 5.91 Å². The number of carbonyl (C=O) groups excluding carboxylic acids is 3. The minimum absolute atomic E-state index is 0.0462. The van der Waals surface area contributed by atoms with Crippen LogP contribution in [0.5, 0.6) is 0 Å². The number of thiazole rings is 1. The highest BCUT2D eigenvalue weighted by Gasteiger charge is 2.30. The number of benzene rings is 1. The molecular weight excluding hydrogens is 498 g/mol. The molecule has 2 aromatic rings. The molecule has 1 fully saturated rings. The van der Waals surface area contributed by atoms with Crippen LogP contribution in [0.4, 0.5) is 0 Å². The largest absolute Gasteiger partial charge is 0.381 e. The first-order valence-electron chi connectivity index (χ1n) is 12.4. The molecule has 0 spiro atoms. The Hall–Kier alpha value is -2.60. The van der Waals surface area contributed by atoms with Gasteiger partial charge in [0.25, 0.3) is 0 Å². The SMILES string of the molecule is C=C(C#N)C(=O)CC[C@@H](NC(=O)[C@@H](CC(=O)CCC)Cc1nc2ccc(Cl)cc2s1)C1CCOCC1. The number of amides is 1. The third kappa shape index (κ3) is 7.95. The van der Waals surface area contributed by atoms with E-state index < -0.39 is 5.92 Å². The number of rotatable bonds is 13. The van der Waals surface area contributed by atoms with Crippen LogP contribution in [0, 0.1) is 23.2 Å². The number of fused-ring (bicyclic) bond motifs is 1. The Morgan fingerprint density at radius 2 is 2.06 bits per heavy atom. The second kappa shape index (κ2) is 13.6. The molecule has 1 aromatic carbocycles. The molecule has 1 saturated heterocycles. The molecule has 0 bridgehead atoms. The van der Waals surface area contributed by atoms with Crippen LogP contribution < -0.4 is 5.32 Å². The lowest BCUT2D eigenvalue weighted by Crippen LogP contribution is -2.45. The first kappa shape index (κ1) is 28.0. The van der Waals surface area contributed by atoms with Crippen molar-refractivity contribution < 1.29 is 19.1 Å². The van der Waals surface area contributed by atoms with E-state index in [1.165, 1.54) is 11.3 Å². The second-order valence-electron chi connectivity index (χ2n) is 9.23. The average molecular weight is 530 g/mol. The Bertz CT molecular complexity index is 1150. The number of allylic oxidation sites excluding steroid dienone is 1. The van der Waals surface area contributed by atoms with Crippen molar-refractivity contribution in [2.45, 2.75) is 64.3 Å². The first-order valence-corrected chi connectivity index (χ1v) is 13.6. The molecule has 1 N–H and O–H groups in total. The van der Waals surface area contributed by atoms with E-state index in [0.29, 0.717) is 37.5 Å². The number of ketones is 2. The quantitative estimate of drug-likeness (QED) is 0.282. The van der Waals surface area contributed by atoms with Crippen LogP contribution in [0.2, 0.25) is 5.02 Å². The summed E-state index contributed by atoms with van der Waals surface area (Å²) in [6.07, 6.45) is 3.73. The molecule has 1 aliphatic rings. The topological polar surface area (TPSA) is 109 Å². The maximum Gasteiger partial charge on any atom is 0.224 e. The second-order valence-corrected chi connectivity index (χ2v) is 10.8. The van der Waals surface area contributed by atoms with Gasteiger partial charge in [-0.2, -0.15) is 5.26 Å². The van der Waals surface area contributed by atoms with Gasteiger partial charge in [0, 0.05) is 50.0 Å². The summed E-state index contributed by atoms with van der Waals surface area (Å²) in [5, 5.41) is 13.5. The first-order chi connectivity index (χ1) is 17.3. The lowest BCUT2D eigenvalue weighted by atomic mass is 9.87. The van der Waals surface area contributed by atoms with E-state index in [0.717, 1.165) is 34.5 Å². The Kier molecular flexibility index (Phi) is 10.6. The fraction of sp³-hybridized carbons (Fsp3) is 0.519. The van der Waals surface area contributed by atoms with Gasteiger partial charge in [-0.1, -0.05) is 25.1 Å². The summed E-state index contributed by atoms with van der Waals surface area (Å²) in [7, 11) is 0. The molecule has 192 valence electrons. The van der Waals surface area contributed by atoms with Crippen molar-refractivity contribution in [1.29, 1.82) is 5.26 Å². The molecule has 2 atom stereocenters. The van der Waals surface area contributed by atoms with Crippen molar-refractivity contribution in [3.8, 4) is 6.07 Å². The van der Waals surface area contributed by atoms with Crippen LogP contribution in [0.3, 0.4) is 0 Å². The number of hydrogen-bond acceptors (Lipinski definition) is 7.